The molecule has 3 rings (SSSR count). The zero-order valence-electron chi connectivity index (χ0n) is 17.2. The second-order valence-electron chi connectivity index (χ2n) is 7.79. The van der Waals surface area contributed by atoms with Gasteiger partial charge in [-0.1, -0.05) is 30.3 Å². The molecule has 0 spiro atoms. The van der Waals surface area contributed by atoms with Crippen LogP contribution in [0, 0.1) is 17.0 Å². The van der Waals surface area contributed by atoms with Gasteiger partial charge in [0.15, 0.2) is 0 Å². The fraction of sp³-hybridized carbons (Fsp3) is 0.300. The van der Waals surface area contributed by atoms with Crippen LogP contribution in [-0.2, 0) is 27.9 Å². The zero-order chi connectivity index (χ0) is 23.0. The van der Waals surface area contributed by atoms with Crippen molar-refractivity contribution in [1.29, 1.82) is 0 Å². The van der Waals surface area contributed by atoms with Crippen molar-refractivity contribution in [3.05, 3.63) is 69.3 Å². The van der Waals surface area contributed by atoms with Crippen molar-refractivity contribution in [3.8, 4) is 0 Å². The predicted molar refractivity (Wildman–Crippen MR) is 111 cm³/mol. The Morgan fingerprint density at radius 2 is 1.71 bits per heavy atom. The van der Waals surface area contributed by atoms with Crippen LogP contribution in [0.3, 0.4) is 0 Å². The van der Waals surface area contributed by atoms with Gasteiger partial charge in [-0.3, -0.25) is 19.8 Å². The van der Waals surface area contributed by atoms with Gasteiger partial charge in [0.1, 0.15) is 5.54 Å². The molecule has 164 valence electrons. The lowest BCUT2D eigenvalue weighted by molar-refractivity contribution is -0.385. The number of non-ortho nitro benzene ring substituents is 1. The van der Waals surface area contributed by atoms with Crippen LogP contribution in [0.1, 0.15) is 30.5 Å². The van der Waals surface area contributed by atoms with Gasteiger partial charge in [0.05, 0.1) is 16.4 Å². The van der Waals surface area contributed by atoms with Gasteiger partial charge in [-0.05, 0) is 37.5 Å². The fourth-order valence-electron chi connectivity index (χ4n) is 3.15. The van der Waals surface area contributed by atoms with Crippen LogP contribution in [0.15, 0.2) is 47.4 Å². The summed E-state index contributed by atoms with van der Waals surface area (Å²) in [5.41, 5.74) is 0.499. The summed E-state index contributed by atoms with van der Waals surface area (Å²) < 4.78 is 27.7. The number of hydrogen-bond acceptors (Lipinski definition) is 6. The normalized spacial score (nSPS) is 15.8. The highest BCUT2D eigenvalue weighted by Gasteiger charge is 2.44. The summed E-state index contributed by atoms with van der Waals surface area (Å²) in [4.78, 5) is 35.5. The summed E-state index contributed by atoms with van der Waals surface area (Å²) in [7, 11) is -3.96. The molecular formula is C20H22N4O6S. The van der Waals surface area contributed by atoms with Crippen molar-refractivity contribution < 1.29 is 22.9 Å². The number of hydrogen-bond donors (Lipinski definition) is 2. The minimum atomic E-state index is -3.96. The number of nitrogens with one attached hydrogen (secondary N) is 2. The SMILES string of the molecule is Cc1ccc([N+](=O)[O-])cc1S(=O)(=O)NCc1ccc(CN2C(=O)NC(C)(C)C2=O)cc1. The average molecular weight is 446 g/mol. The van der Waals surface area contributed by atoms with Crippen molar-refractivity contribution in [3.63, 3.8) is 0 Å². The first-order valence-corrected chi connectivity index (χ1v) is 10.9. The Hall–Kier alpha value is -3.31. The first-order valence-electron chi connectivity index (χ1n) is 9.37. The maximum atomic E-state index is 12.6. The molecule has 1 fully saturated rings. The minimum absolute atomic E-state index is 0.0269. The topological polar surface area (TPSA) is 139 Å². The molecule has 2 N–H and O–H groups in total. The van der Waals surface area contributed by atoms with E-state index in [1.165, 1.54) is 12.1 Å². The second kappa shape index (κ2) is 8.08. The van der Waals surface area contributed by atoms with Gasteiger partial charge >= 0.3 is 6.03 Å². The smallest absolute Gasteiger partial charge is 0.324 e. The number of carbonyl (C=O) groups excluding carboxylic acids is 2. The lowest BCUT2D eigenvalue weighted by atomic mass is 10.1. The molecule has 11 heteroatoms. The van der Waals surface area contributed by atoms with Gasteiger partial charge in [0.2, 0.25) is 10.0 Å². The maximum absolute atomic E-state index is 12.6. The van der Waals surface area contributed by atoms with Crippen LogP contribution in [0.5, 0.6) is 0 Å². The van der Waals surface area contributed by atoms with E-state index in [0.29, 0.717) is 16.7 Å². The maximum Gasteiger partial charge on any atom is 0.325 e. The van der Waals surface area contributed by atoms with Crippen LogP contribution in [0.4, 0.5) is 10.5 Å². The number of amides is 3. The molecule has 1 heterocycles. The molecular weight excluding hydrogens is 424 g/mol. The number of benzene rings is 2. The third-order valence-electron chi connectivity index (χ3n) is 4.95. The van der Waals surface area contributed by atoms with Crippen molar-refractivity contribution >= 4 is 27.6 Å². The standard InChI is InChI=1S/C20H22N4O6S/c1-13-4-9-16(24(27)28)10-17(13)31(29,30)21-11-14-5-7-15(8-6-14)12-23-18(25)20(2,3)22-19(23)26/h4-10,21H,11-12H2,1-3H3,(H,22,26). The minimum Gasteiger partial charge on any atom is -0.324 e. The Morgan fingerprint density at radius 3 is 2.26 bits per heavy atom. The average Bonchev–Trinajstić information content (AvgIpc) is 2.89. The van der Waals surface area contributed by atoms with Gasteiger partial charge in [-0.15, -0.1) is 0 Å². The molecule has 3 amide bonds. The molecule has 31 heavy (non-hydrogen) atoms. The Labute approximate surface area is 179 Å². The predicted octanol–water partition coefficient (Wildman–Crippen LogP) is 2.21. The van der Waals surface area contributed by atoms with E-state index in [0.717, 1.165) is 11.0 Å². The van der Waals surface area contributed by atoms with Gasteiger partial charge in [0, 0.05) is 18.7 Å². The molecule has 0 atom stereocenters. The van der Waals surface area contributed by atoms with E-state index < -0.39 is 26.5 Å². The number of sulfonamides is 1. The molecule has 2 aromatic carbocycles. The van der Waals surface area contributed by atoms with E-state index in [2.05, 4.69) is 10.0 Å². The number of nitro benzene ring substituents is 1. The highest BCUT2D eigenvalue weighted by Crippen LogP contribution is 2.22. The molecule has 0 saturated carbocycles. The Balaban J connectivity index is 1.68. The summed E-state index contributed by atoms with van der Waals surface area (Å²) in [6, 6.07) is 9.98. The van der Waals surface area contributed by atoms with Crippen molar-refractivity contribution in [1.82, 2.24) is 14.9 Å². The Kier molecular flexibility index (Phi) is 5.83. The number of nitrogens with zero attached hydrogens (tertiary/aromatic N) is 2. The summed E-state index contributed by atoms with van der Waals surface area (Å²) >= 11 is 0. The van der Waals surface area contributed by atoms with E-state index in [4.69, 9.17) is 0 Å². The van der Waals surface area contributed by atoms with Crippen molar-refractivity contribution in [2.24, 2.45) is 0 Å². The largest absolute Gasteiger partial charge is 0.325 e. The summed E-state index contributed by atoms with van der Waals surface area (Å²) in [6.45, 7) is 4.90. The second-order valence-corrected chi connectivity index (χ2v) is 9.53. The number of aryl methyl sites for hydroxylation is 1. The van der Waals surface area contributed by atoms with Gasteiger partial charge < -0.3 is 5.32 Å². The summed E-state index contributed by atoms with van der Waals surface area (Å²) in [5.74, 6) is -0.318. The van der Waals surface area contributed by atoms with Gasteiger partial charge in [-0.2, -0.15) is 0 Å². The molecule has 0 aliphatic carbocycles. The zero-order valence-corrected chi connectivity index (χ0v) is 18.0. The van der Waals surface area contributed by atoms with E-state index in [1.54, 1.807) is 45.0 Å². The molecule has 1 aliphatic rings. The number of urea groups is 1. The Morgan fingerprint density at radius 1 is 1.10 bits per heavy atom. The van der Waals surface area contributed by atoms with Crippen LogP contribution in [0.2, 0.25) is 0 Å². The quantitative estimate of drug-likeness (QED) is 0.380. The third kappa shape index (κ3) is 4.72. The van der Waals surface area contributed by atoms with Gasteiger partial charge in [0.25, 0.3) is 11.6 Å². The number of imide groups is 1. The van der Waals surface area contributed by atoms with E-state index in [1.807, 2.05) is 0 Å². The number of carbonyl (C=O) groups is 2. The monoisotopic (exact) mass is 446 g/mol. The summed E-state index contributed by atoms with van der Waals surface area (Å²) in [5, 5.41) is 13.6. The van der Waals surface area contributed by atoms with Crippen molar-refractivity contribution in [2.75, 3.05) is 0 Å². The van der Waals surface area contributed by atoms with Crippen molar-refractivity contribution in [2.45, 2.75) is 44.3 Å². The summed E-state index contributed by atoms with van der Waals surface area (Å²) in [6.07, 6.45) is 0. The molecule has 0 unspecified atom stereocenters. The fourth-order valence-corrected chi connectivity index (χ4v) is 4.43. The lowest BCUT2D eigenvalue weighted by Gasteiger charge is -2.16. The Bertz CT molecular complexity index is 1160. The molecule has 0 radical (unpaired) electrons. The molecule has 1 aliphatic heterocycles. The highest BCUT2D eigenvalue weighted by atomic mass is 32.2. The first-order chi connectivity index (χ1) is 14.4. The third-order valence-corrected chi connectivity index (χ3v) is 6.49. The van der Waals surface area contributed by atoms with E-state index in [-0.39, 0.29) is 29.6 Å². The van der Waals surface area contributed by atoms with E-state index in [9.17, 15) is 28.1 Å². The van der Waals surface area contributed by atoms with Crippen LogP contribution in [0.25, 0.3) is 0 Å². The first kappa shape index (κ1) is 22.4. The number of nitro groups is 1. The molecule has 10 nitrogen and oxygen atoms in total. The van der Waals surface area contributed by atoms with Gasteiger partial charge in [-0.25, -0.2) is 17.9 Å². The molecule has 1 saturated heterocycles. The molecule has 0 bridgehead atoms. The highest BCUT2D eigenvalue weighted by molar-refractivity contribution is 7.89. The van der Waals surface area contributed by atoms with Crippen LogP contribution in [-0.4, -0.2) is 35.7 Å². The lowest BCUT2D eigenvalue weighted by Crippen LogP contribution is -2.40. The van der Waals surface area contributed by atoms with E-state index >= 15 is 0 Å². The molecule has 0 aromatic heterocycles. The molecule has 2 aromatic rings. The van der Waals surface area contributed by atoms with Crippen LogP contribution >= 0.6 is 0 Å². The van der Waals surface area contributed by atoms with Crippen LogP contribution < -0.4 is 10.0 Å². The number of rotatable bonds is 7.